The van der Waals surface area contributed by atoms with Crippen LogP contribution in [0.25, 0.3) is 16.6 Å². The average Bonchev–Trinajstić information content (AvgIpc) is 3.08. The number of nitrogens with two attached hydrogens (primary N) is 1. The van der Waals surface area contributed by atoms with Crippen LogP contribution in [0.5, 0.6) is 0 Å². The number of benzene rings is 1. The van der Waals surface area contributed by atoms with E-state index in [-0.39, 0.29) is 22.8 Å². The van der Waals surface area contributed by atoms with Crippen molar-refractivity contribution in [1.29, 1.82) is 0 Å². The van der Waals surface area contributed by atoms with Crippen LogP contribution < -0.4 is 11.0 Å². The van der Waals surface area contributed by atoms with E-state index in [1.54, 1.807) is 7.05 Å². The molecule has 0 saturated heterocycles. The summed E-state index contributed by atoms with van der Waals surface area (Å²) >= 11 is 0. The van der Waals surface area contributed by atoms with E-state index in [4.69, 9.17) is 5.41 Å². The summed E-state index contributed by atoms with van der Waals surface area (Å²) in [7, 11) is 1.60. The Bertz CT molecular complexity index is 1270. The molecule has 0 radical (unpaired) electrons. The molecule has 0 bridgehead atoms. The number of carbonyl (C=O) groups is 1. The van der Waals surface area contributed by atoms with Crippen molar-refractivity contribution in [3.05, 3.63) is 57.6 Å². The van der Waals surface area contributed by atoms with Crippen LogP contribution >= 0.6 is 0 Å². The Morgan fingerprint density at radius 2 is 1.97 bits per heavy atom. The van der Waals surface area contributed by atoms with Gasteiger partial charge in [-0.15, -0.1) is 0 Å². The normalized spacial score (nSPS) is 12.7. The standard InChI is InChI=1S/C26H31F3N4O2/c1-4-6-9-17(5-2)23(34)13-8-12-22-20(15-30)24-21(16-31-22)25(35)33(32(24)3)19-11-7-10-18(14-19)26(27,28)29/h7,10-11,14-17,30H,4-6,8-9,12-13H2,1-3H3/p+1. The topological polar surface area (TPSA) is 82.5 Å². The first-order valence-corrected chi connectivity index (χ1v) is 12.0. The van der Waals surface area contributed by atoms with Gasteiger partial charge in [0.1, 0.15) is 5.78 Å². The maximum atomic E-state index is 13.2. The molecule has 6 nitrogen and oxygen atoms in total. The van der Waals surface area contributed by atoms with Gasteiger partial charge in [0, 0.05) is 25.6 Å². The molecule has 0 aliphatic heterocycles. The van der Waals surface area contributed by atoms with E-state index in [2.05, 4.69) is 11.9 Å². The third kappa shape index (κ3) is 5.55. The van der Waals surface area contributed by atoms with Crippen molar-refractivity contribution < 1.29 is 23.4 Å². The SMILES string of the molecule is CCCCC(CC)C(=O)CCCc1ncc2c(=O)n(-c3cccc(C(F)(F)F)c3)n(C)c2c1C=[NH2+]. The van der Waals surface area contributed by atoms with Crippen LogP contribution in [-0.4, -0.2) is 26.3 Å². The fraction of sp³-hybridized carbons (Fsp3) is 0.462. The fourth-order valence-electron chi connectivity index (χ4n) is 4.57. The van der Waals surface area contributed by atoms with Crippen molar-refractivity contribution >= 4 is 22.9 Å². The number of hydrogen-bond donors (Lipinski definition) is 1. The maximum absolute atomic E-state index is 13.2. The van der Waals surface area contributed by atoms with Crippen molar-refractivity contribution in [3.8, 4) is 5.69 Å². The number of pyridine rings is 1. The fourth-order valence-corrected chi connectivity index (χ4v) is 4.57. The van der Waals surface area contributed by atoms with Crippen LogP contribution in [0.3, 0.4) is 0 Å². The molecule has 188 valence electrons. The number of fused-ring (bicyclic) bond motifs is 1. The number of rotatable bonds is 11. The van der Waals surface area contributed by atoms with Crippen LogP contribution in [0, 0.1) is 5.92 Å². The first kappa shape index (κ1) is 26.4. The number of aryl methyl sites for hydroxylation is 2. The lowest BCUT2D eigenvalue weighted by Crippen LogP contribution is -2.31. The average molecular weight is 490 g/mol. The number of ketones is 1. The van der Waals surface area contributed by atoms with Crippen molar-refractivity contribution in [1.82, 2.24) is 14.3 Å². The molecule has 0 fully saturated rings. The number of hydrogen-bond acceptors (Lipinski definition) is 3. The molecule has 2 N–H and O–H groups in total. The summed E-state index contributed by atoms with van der Waals surface area (Å²) in [5.74, 6) is 0.330. The largest absolute Gasteiger partial charge is 0.416 e. The Balaban J connectivity index is 1.93. The van der Waals surface area contributed by atoms with Crippen LogP contribution in [0.2, 0.25) is 0 Å². The molecule has 0 spiro atoms. The van der Waals surface area contributed by atoms with E-state index in [1.165, 1.54) is 33.9 Å². The van der Waals surface area contributed by atoms with Crippen LogP contribution in [-0.2, 0) is 24.4 Å². The van der Waals surface area contributed by atoms with E-state index in [1.807, 2.05) is 6.92 Å². The minimum atomic E-state index is -4.53. The molecule has 0 amide bonds. The van der Waals surface area contributed by atoms with E-state index >= 15 is 0 Å². The van der Waals surface area contributed by atoms with Crippen LogP contribution in [0.15, 0.2) is 35.3 Å². The smallest absolute Gasteiger partial charge is 0.299 e. The lowest BCUT2D eigenvalue weighted by Gasteiger charge is -2.13. The Labute approximate surface area is 202 Å². The second-order valence-corrected chi connectivity index (χ2v) is 8.80. The third-order valence-electron chi connectivity index (χ3n) is 6.49. The van der Waals surface area contributed by atoms with Gasteiger partial charge >= 0.3 is 6.18 Å². The lowest BCUT2D eigenvalue weighted by atomic mass is 9.91. The van der Waals surface area contributed by atoms with Crippen LogP contribution in [0.1, 0.15) is 69.2 Å². The maximum Gasteiger partial charge on any atom is 0.416 e. The summed E-state index contributed by atoms with van der Waals surface area (Å²) in [4.78, 5) is 30.1. The zero-order valence-electron chi connectivity index (χ0n) is 20.4. The highest BCUT2D eigenvalue weighted by Crippen LogP contribution is 2.30. The first-order valence-electron chi connectivity index (χ1n) is 12.0. The minimum Gasteiger partial charge on any atom is -0.299 e. The summed E-state index contributed by atoms with van der Waals surface area (Å²) in [6, 6.07) is 4.62. The number of carbonyl (C=O) groups excluding carboxylic acids is 1. The quantitative estimate of drug-likeness (QED) is 0.413. The summed E-state index contributed by atoms with van der Waals surface area (Å²) < 4.78 is 42.3. The van der Waals surface area contributed by atoms with Gasteiger partial charge < -0.3 is 0 Å². The number of unbranched alkanes of at least 4 members (excludes halogenated alkanes) is 1. The summed E-state index contributed by atoms with van der Waals surface area (Å²) in [5.41, 5.74) is 0.438. The second-order valence-electron chi connectivity index (χ2n) is 8.80. The molecule has 3 aromatic rings. The Hall–Kier alpha value is -3.23. The molecule has 0 aliphatic rings. The van der Waals surface area contributed by atoms with Gasteiger partial charge in [-0.3, -0.25) is 24.7 Å². The summed E-state index contributed by atoms with van der Waals surface area (Å²) in [5, 5.41) is 6.17. The number of alkyl halides is 3. The molecule has 0 aliphatic carbocycles. The van der Waals surface area contributed by atoms with E-state index in [0.717, 1.165) is 37.8 Å². The third-order valence-corrected chi connectivity index (χ3v) is 6.49. The molecule has 2 aromatic heterocycles. The molecular weight excluding hydrogens is 457 g/mol. The molecule has 1 atom stereocenters. The van der Waals surface area contributed by atoms with E-state index in [9.17, 15) is 22.8 Å². The first-order chi connectivity index (χ1) is 16.6. The summed E-state index contributed by atoms with van der Waals surface area (Å²) in [6.45, 7) is 4.14. The Kier molecular flexibility index (Phi) is 8.30. The van der Waals surface area contributed by atoms with Gasteiger partial charge in [-0.25, -0.2) is 4.68 Å². The number of Topliss-reactive ketones (excluding diaryl/α,β-unsaturated/α-hetero) is 1. The molecule has 1 aromatic carbocycles. The van der Waals surface area contributed by atoms with Crippen molar-refractivity contribution in [2.45, 2.75) is 65.0 Å². The van der Waals surface area contributed by atoms with Gasteiger partial charge in [-0.2, -0.15) is 13.2 Å². The molecule has 1 unspecified atom stereocenters. The monoisotopic (exact) mass is 489 g/mol. The molecule has 35 heavy (non-hydrogen) atoms. The highest BCUT2D eigenvalue weighted by atomic mass is 19.4. The van der Waals surface area contributed by atoms with E-state index < -0.39 is 17.3 Å². The zero-order chi connectivity index (χ0) is 25.8. The second kappa shape index (κ2) is 11.0. The molecular formula is C26H32F3N4O2+. The zero-order valence-corrected chi connectivity index (χ0v) is 20.4. The van der Waals surface area contributed by atoms with E-state index in [0.29, 0.717) is 36.0 Å². The van der Waals surface area contributed by atoms with Crippen LogP contribution in [0.4, 0.5) is 13.2 Å². The van der Waals surface area contributed by atoms with Gasteiger partial charge in [-0.05, 0) is 43.9 Å². The van der Waals surface area contributed by atoms with Gasteiger partial charge in [0.05, 0.1) is 33.4 Å². The molecule has 3 rings (SSSR count). The Morgan fingerprint density at radius 3 is 2.60 bits per heavy atom. The number of halogens is 3. The predicted octanol–water partition coefficient (Wildman–Crippen LogP) is 4.03. The summed E-state index contributed by atoms with van der Waals surface area (Å²) in [6.07, 6.45) is 3.63. The van der Waals surface area contributed by atoms with Gasteiger partial charge in [-0.1, -0.05) is 32.8 Å². The van der Waals surface area contributed by atoms with Crippen molar-refractivity contribution in [2.75, 3.05) is 0 Å². The van der Waals surface area contributed by atoms with Crippen molar-refractivity contribution in [3.63, 3.8) is 0 Å². The molecule has 9 heteroatoms. The van der Waals surface area contributed by atoms with Gasteiger partial charge in [0.25, 0.3) is 5.56 Å². The highest BCUT2D eigenvalue weighted by molar-refractivity contribution is 5.96. The molecule has 0 saturated carbocycles. The minimum absolute atomic E-state index is 0.0771. The van der Waals surface area contributed by atoms with Gasteiger partial charge in [0.2, 0.25) is 0 Å². The molecule has 2 heterocycles. The van der Waals surface area contributed by atoms with Crippen molar-refractivity contribution in [2.24, 2.45) is 13.0 Å². The lowest BCUT2D eigenvalue weighted by molar-refractivity contribution is -0.137. The predicted molar refractivity (Wildman–Crippen MR) is 130 cm³/mol. The highest BCUT2D eigenvalue weighted by Gasteiger charge is 2.31. The van der Waals surface area contributed by atoms with Gasteiger partial charge in [0.15, 0.2) is 6.21 Å². The Morgan fingerprint density at radius 1 is 1.23 bits per heavy atom. The number of nitrogens with zero attached hydrogens (tertiary/aromatic N) is 3. The number of aromatic nitrogens is 3.